The minimum Gasteiger partial charge on any atom is -0.481 e. The minimum absolute atomic E-state index is 0.0443. The molecular formula is C22H36N2O2. The summed E-state index contributed by atoms with van der Waals surface area (Å²) < 4.78 is 5.78. The number of carbonyl (C=O) groups excluding carboxylic acids is 1. The molecular weight excluding hydrogens is 324 g/mol. The van der Waals surface area contributed by atoms with Crippen LogP contribution >= 0.6 is 0 Å². The summed E-state index contributed by atoms with van der Waals surface area (Å²) >= 11 is 0. The van der Waals surface area contributed by atoms with E-state index in [0.717, 1.165) is 24.6 Å². The first kappa shape index (κ1) is 20.8. The molecule has 1 aliphatic heterocycles. The molecule has 1 aromatic rings. The van der Waals surface area contributed by atoms with Gasteiger partial charge in [0.25, 0.3) is 5.91 Å². The van der Waals surface area contributed by atoms with Crippen molar-refractivity contribution in [3.8, 4) is 5.75 Å². The highest BCUT2D eigenvalue weighted by atomic mass is 16.5. The van der Waals surface area contributed by atoms with E-state index in [4.69, 9.17) is 4.74 Å². The van der Waals surface area contributed by atoms with Crippen LogP contribution in [0.3, 0.4) is 0 Å². The number of carbonyl (C=O) groups is 1. The highest BCUT2D eigenvalue weighted by molar-refractivity contribution is 5.80. The van der Waals surface area contributed by atoms with Crippen molar-refractivity contribution in [2.75, 3.05) is 26.2 Å². The molecule has 1 fully saturated rings. The van der Waals surface area contributed by atoms with E-state index in [0.29, 0.717) is 6.54 Å². The van der Waals surface area contributed by atoms with Crippen LogP contribution in [-0.4, -0.2) is 43.1 Å². The van der Waals surface area contributed by atoms with Crippen LogP contribution in [0, 0.1) is 5.92 Å². The van der Waals surface area contributed by atoms with Gasteiger partial charge in [-0.2, -0.15) is 0 Å². The lowest BCUT2D eigenvalue weighted by Gasteiger charge is -2.30. The van der Waals surface area contributed by atoms with Gasteiger partial charge in [0.1, 0.15) is 5.75 Å². The number of amides is 1. The summed E-state index contributed by atoms with van der Waals surface area (Å²) in [6.07, 6.45) is 3.11. The van der Waals surface area contributed by atoms with Gasteiger partial charge in [0.15, 0.2) is 6.10 Å². The van der Waals surface area contributed by atoms with E-state index >= 15 is 0 Å². The molecule has 0 unspecified atom stereocenters. The standard InChI is InChI=1S/C22H36N2O2/c1-17-11-15-24(16-12-17)14-6-13-23-21(25)18(2)26-20-9-7-19(8-10-20)22(3,4)5/h7-10,17-18H,6,11-16H2,1-5H3,(H,23,25)/t18-/m1/s1. The molecule has 0 bridgehead atoms. The summed E-state index contributed by atoms with van der Waals surface area (Å²) in [4.78, 5) is 14.7. The summed E-state index contributed by atoms with van der Waals surface area (Å²) in [6.45, 7) is 14.8. The third-order valence-electron chi connectivity index (χ3n) is 5.23. The quantitative estimate of drug-likeness (QED) is 0.748. The second-order valence-electron chi connectivity index (χ2n) is 8.70. The van der Waals surface area contributed by atoms with Crippen molar-refractivity contribution in [2.45, 2.75) is 65.4 Å². The van der Waals surface area contributed by atoms with Gasteiger partial charge in [-0.05, 0) is 74.8 Å². The van der Waals surface area contributed by atoms with E-state index in [9.17, 15) is 4.79 Å². The lowest BCUT2D eigenvalue weighted by molar-refractivity contribution is -0.127. The molecule has 1 saturated heterocycles. The van der Waals surface area contributed by atoms with Gasteiger partial charge in [-0.15, -0.1) is 0 Å². The largest absolute Gasteiger partial charge is 0.481 e. The number of nitrogens with one attached hydrogen (secondary N) is 1. The maximum Gasteiger partial charge on any atom is 0.260 e. The van der Waals surface area contributed by atoms with Gasteiger partial charge >= 0.3 is 0 Å². The van der Waals surface area contributed by atoms with Crippen molar-refractivity contribution >= 4 is 5.91 Å². The highest BCUT2D eigenvalue weighted by Gasteiger charge is 2.17. The molecule has 0 saturated carbocycles. The normalized spacial score (nSPS) is 17.7. The zero-order chi connectivity index (χ0) is 19.2. The monoisotopic (exact) mass is 360 g/mol. The first-order valence-corrected chi connectivity index (χ1v) is 10.0. The Bertz CT molecular complexity index is 555. The molecule has 0 radical (unpaired) electrons. The third-order valence-corrected chi connectivity index (χ3v) is 5.23. The summed E-state index contributed by atoms with van der Waals surface area (Å²) in [5.74, 6) is 1.56. The Morgan fingerprint density at radius 1 is 1.23 bits per heavy atom. The zero-order valence-electron chi connectivity index (χ0n) is 17.2. The van der Waals surface area contributed by atoms with Crippen LogP contribution in [0.1, 0.15) is 59.4 Å². The topological polar surface area (TPSA) is 41.6 Å². The maximum atomic E-state index is 12.2. The molecule has 1 amide bonds. The van der Waals surface area contributed by atoms with Crippen molar-refractivity contribution in [1.29, 1.82) is 0 Å². The van der Waals surface area contributed by atoms with Crippen LogP contribution in [0.5, 0.6) is 5.75 Å². The highest BCUT2D eigenvalue weighted by Crippen LogP contribution is 2.24. The molecule has 4 heteroatoms. The van der Waals surface area contributed by atoms with Crippen molar-refractivity contribution in [3.63, 3.8) is 0 Å². The molecule has 1 aromatic carbocycles. The first-order chi connectivity index (χ1) is 12.3. The van der Waals surface area contributed by atoms with Gasteiger partial charge in [-0.1, -0.05) is 39.8 Å². The van der Waals surface area contributed by atoms with Crippen molar-refractivity contribution in [3.05, 3.63) is 29.8 Å². The molecule has 1 N–H and O–H groups in total. The average molecular weight is 361 g/mol. The molecule has 1 heterocycles. The SMILES string of the molecule is CC1CCN(CCCNC(=O)[C@@H](C)Oc2ccc(C(C)(C)C)cc2)CC1. The van der Waals surface area contributed by atoms with Crippen molar-refractivity contribution < 1.29 is 9.53 Å². The minimum atomic E-state index is -0.480. The summed E-state index contributed by atoms with van der Waals surface area (Å²) in [6, 6.07) is 8.03. The van der Waals surface area contributed by atoms with Crippen molar-refractivity contribution in [1.82, 2.24) is 10.2 Å². The fourth-order valence-corrected chi connectivity index (χ4v) is 3.23. The lowest BCUT2D eigenvalue weighted by Crippen LogP contribution is -2.39. The van der Waals surface area contributed by atoms with E-state index in [1.54, 1.807) is 6.92 Å². The number of rotatable bonds is 7. The molecule has 0 spiro atoms. The van der Waals surface area contributed by atoms with Crippen LogP contribution < -0.4 is 10.1 Å². The van der Waals surface area contributed by atoms with E-state index in [1.165, 1.54) is 31.5 Å². The summed E-state index contributed by atoms with van der Waals surface area (Å²) in [5.41, 5.74) is 1.38. The molecule has 1 atom stereocenters. The van der Waals surface area contributed by atoms with E-state index in [2.05, 4.69) is 50.0 Å². The molecule has 26 heavy (non-hydrogen) atoms. The van der Waals surface area contributed by atoms with Gasteiger partial charge in [0.05, 0.1) is 0 Å². The lowest BCUT2D eigenvalue weighted by atomic mass is 9.87. The molecule has 4 nitrogen and oxygen atoms in total. The predicted molar refractivity (Wildman–Crippen MR) is 108 cm³/mol. The Morgan fingerprint density at radius 3 is 2.42 bits per heavy atom. The van der Waals surface area contributed by atoms with Crippen LogP contribution in [0.15, 0.2) is 24.3 Å². The fourth-order valence-electron chi connectivity index (χ4n) is 3.23. The molecule has 146 valence electrons. The van der Waals surface area contributed by atoms with Crippen LogP contribution in [0.25, 0.3) is 0 Å². The van der Waals surface area contributed by atoms with E-state index in [-0.39, 0.29) is 11.3 Å². The Balaban J connectivity index is 1.67. The van der Waals surface area contributed by atoms with Crippen LogP contribution in [0.2, 0.25) is 0 Å². The van der Waals surface area contributed by atoms with Gasteiger partial charge in [0.2, 0.25) is 0 Å². The predicted octanol–water partition coefficient (Wildman–Crippen LogP) is 3.99. The summed E-state index contributed by atoms with van der Waals surface area (Å²) in [5, 5.41) is 3.00. The van der Waals surface area contributed by atoms with Crippen molar-refractivity contribution in [2.24, 2.45) is 5.92 Å². The number of hydrogen-bond acceptors (Lipinski definition) is 3. The Kier molecular flexibility index (Phi) is 7.51. The Hall–Kier alpha value is -1.55. The number of piperidine rings is 1. The Morgan fingerprint density at radius 2 is 1.85 bits per heavy atom. The van der Waals surface area contributed by atoms with E-state index < -0.39 is 6.10 Å². The zero-order valence-corrected chi connectivity index (χ0v) is 17.2. The van der Waals surface area contributed by atoms with Crippen LogP contribution in [-0.2, 0) is 10.2 Å². The number of benzene rings is 1. The maximum absolute atomic E-state index is 12.2. The average Bonchev–Trinajstić information content (AvgIpc) is 2.59. The third kappa shape index (κ3) is 6.64. The van der Waals surface area contributed by atoms with Gasteiger partial charge in [-0.25, -0.2) is 0 Å². The summed E-state index contributed by atoms with van der Waals surface area (Å²) in [7, 11) is 0. The smallest absolute Gasteiger partial charge is 0.260 e. The molecule has 0 aliphatic carbocycles. The molecule has 1 aliphatic rings. The number of hydrogen-bond donors (Lipinski definition) is 1. The van der Waals surface area contributed by atoms with Crippen LogP contribution in [0.4, 0.5) is 0 Å². The Labute approximate surface area is 159 Å². The second kappa shape index (κ2) is 9.40. The fraction of sp³-hybridized carbons (Fsp3) is 0.682. The first-order valence-electron chi connectivity index (χ1n) is 10.0. The van der Waals surface area contributed by atoms with Gasteiger partial charge in [0, 0.05) is 6.54 Å². The number of ether oxygens (including phenoxy) is 1. The number of nitrogens with zero attached hydrogens (tertiary/aromatic N) is 1. The second-order valence-corrected chi connectivity index (χ2v) is 8.70. The number of likely N-dealkylation sites (tertiary alicyclic amines) is 1. The van der Waals surface area contributed by atoms with E-state index in [1.807, 2.05) is 12.1 Å². The molecule has 2 rings (SSSR count). The van der Waals surface area contributed by atoms with Gasteiger partial charge < -0.3 is 15.0 Å². The molecule has 0 aromatic heterocycles. The van der Waals surface area contributed by atoms with Gasteiger partial charge in [-0.3, -0.25) is 4.79 Å².